The molecule has 0 atom stereocenters. The average Bonchev–Trinajstić information content (AvgIpc) is 2.36. The van der Waals surface area contributed by atoms with Crippen LogP contribution in [-0.4, -0.2) is 18.8 Å². The number of esters is 1. The second-order valence-corrected chi connectivity index (χ2v) is 4.19. The van der Waals surface area contributed by atoms with Crippen LogP contribution < -0.4 is 0 Å². The molecule has 1 aromatic rings. The van der Waals surface area contributed by atoms with E-state index in [0.29, 0.717) is 25.0 Å². The number of hydrogen-bond acceptors (Lipinski definition) is 4. The van der Waals surface area contributed by atoms with Crippen molar-refractivity contribution in [1.82, 2.24) is 0 Å². The van der Waals surface area contributed by atoms with Gasteiger partial charge in [-0.05, 0) is 31.2 Å². The van der Waals surface area contributed by atoms with Crippen LogP contribution in [0.2, 0.25) is 0 Å². The number of ether oxygens (including phenoxy) is 1. The monoisotopic (exact) mass is 249 g/mol. The van der Waals surface area contributed by atoms with Gasteiger partial charge < -0.3 is 4.74 Å². The maximum atomic E-state index is 11.7. The molecular formula is C13H15NO2S. The molecule has 0 aliphatic rings. The highest BCUT2D eigenvalue weighted by Gasteiger charge is 2.14. The summed E-state index contributed by atoms with van der Waals surface area (Å²) < 4.78 is 5.01. The molecule has 1 aromatic carbocycles. The van der Waals surface area contributed by atoms with Crippen LogP contribution in [0, 0.1) is 11.3 Å². The molecule has 0 aliphatic heterocycles. The Bertz CT molecular complexity index is 438. The summed E-state index contributed by atoms with van der Waals surface area (Å²) in [6, 6.07) is 7.66. The maximum absolute atomic E-state index is 11.7. The fraction of sp³-hybridized carbons (Fsp3) is 0.385. The van der Waals surface area contributed by atoms with Gasteiger partial charge in [-0.15, -0.1) is 11.8 Å². The predicted molar refractivity (Wildman–Crippen MR) is 68.1 cm³/mol. The number of hydrogen-bond donors (Lipinski definition) is 0. The second-order valence-electron chi connectivity index (χ2n) is 3.38. The molecule has 0 N–H and O–H groups in total. The minimum atomic E-state index is -0.296. The predicted octanol–water partition coefficient (Wildman–Crippen LogP) is 3.04. The Morgan fingerprint density at radius 3 is 2.88 bits per heavy atom. The fourth-order valence-corrected chi connectivity index (χ4v) is 2.39. The van der Waals surface area contributed by atoms with Gasteiger partial charge in [0.2, 0.25) is 0 Å². The number of thioether (sulfide) groups is 1. The molecule has 0 amide bonds. The van der Waals surface area contributed by atoms with Gasteiger partial charge in [-0.1, -0.05) is 12.1 Å². The summed E-state index contributed by atoms with van der Waals surface area (Å²) in [6.07, 6.45) is 3.05. The molecule has 0 fully saturated rings. The topological polar surface area (TPSA) is 50.1 Å². The smallest absolute Gasteiger partial charge is 0.339 e. The number of carbonyl (C=O) groups excluding carboxylic acids is 1. The number of nitriles is 1. The van der Waals surface area contributed by atoms with E-state index in [-0.39, 0.29) is 5.97 Å². The van der Waals surface area contributed by atoms with E-state index < -0.39 is 0 Å². The van der Waals surface area contributed by atoms with Gasteiger partial charge in [0.25, 0.3) is 0 Å². The van der Waals surface area contributed by atoms with Crippen molar-refractivity contribution in [3.8, 4) is 6.07 Å². The van der Waals surface area contributed by atoms with Crippen molar-refractivity contribution in [2.75, 3.05) is 12.9 Å². The Kier molecular flexibility index (Phi) is 5.58. The van der Waals surface area contributed by atoms with Crippen molar-refractivity contribution < 1.29 is 9.53 Å². The highest BCUT2D eigenvalue weighted by molar-refractivity contribution is 7.98. The van der Waals surface area contributed by atoms with Gasteiger partial charge in [-0.3, -0.25) is 0 Å². The third kappa shape index (κ3) is 3.50. The van der Waals surface area contributed by atoms with Gasteiger partial charge in [0.15, 0.2) is 0 Å². The van der Waals surface area contributed by atoms with Gasteiger partial charge >= 0.3 is 5.97 Å². The quantitative estimate of drug-likeness (QED) is 0.594. The minimum absolute atomic E-state index is 0.296. The lowest BCUT2D eigenvalue weighted by Gasteiger charge is -2.11. The van der Waals surface area contributed by atoms with E-state index >= 15 is 0 Å². The molecule has 3 nitrogen and oxygen atoms in total. The normalized spacial score (nSPS) is 9.71. The Hall–Kier alpha value is -1.47. The molecule has 0 radical (unpaired) electrons. The van der Waals surface area contributed by atoms with Crippen LogP contribution in [0.3, 0.4) is 0 Å². The first kappa shape index (κ1) is 13.6. The third-order valence-corrected chi connectivity index (χ3v) is 3.19. The van der Waals surface area contributed by atoms with Crippen LogP contribution in [-0.2, 0) is 11.2 Å². The summed E-state index contributed by atoms with van der Waals surface area (Å²) in [7, 11) is 0. The van der Waals surface area contributed by atoms with E-state index in [0.717, 1.165) is 10.5 Å². The molecule has 0 unspecified atom stereocenters. The molecule has 0 spiro atoms. The number of benzene rings is 1. The lowest BCUT2D eigenvalue weighted by molar-refractivity contribution is 0.0522. The molecule has 0 saturated heterocycles. The van der Waals surface area contributed by atoms with Crippen LogP contribution in [0.1, 0.15) is 29.3 Å². The zero-order valence-corrected chi connectivity index (χ0v) is 10.8. The van der Waals surface area contributed by atoms with Crippen molar-refractivity contribution in [1.29, 1.82) is 5.26 Å². The number of rotatable bonds is 5. The molecule has 0 aromatic heterocycles. The van der Waals surface area contributed by atoms with E-state index in [1.54, 1.807) is 13.0 Å². The van der Waals surface area contributed by atoms with Crippen LogP contribution in [0.4, 0.5) is 0 Å². The van der Waals surface area contributed by atoms with Crippen molar-refractivity contribution in [2.24, 2.45) is 0 Å². The van der Waals surface area contributed by atoms with E-state index in [1.165, 1.54) is 11.8 Å². The summed E-state index contributed by atoms with van der Waals surface area (Å²) in [5.41, 5.74) is 1.62. The van der Waals surface area contributed by atoms with Gasteiger partial charge in [-0.2, -0.15) is 5.26 Å². The Labute approximate surface area is 106 Å². The molecule has 0 heterocycles. The summed E-state index contributed by atoms with van der Waals surface area (Å²) >= 11 is 1.52. The van der Waals surface area contributed by atoms with Crippen LogP contribution in [0.5, 0.6) is 0 Å². The lowest BCUT2D eigenvalue weighted by Crippen LogP contribution is -2.07. The van der Waals surface area contributed by atoms with Gasteiger partial charge in [0.05, 0.1) is 18.2 Å². The first-order valence-corrected chi connectivity index (χ1v) is 6.67. The zero-order valence-electron chi connectivity index (χ0n) is 10.0. The van der Waals surface area contributed by atoms with Crippen LogP contribution in [0.25, 0.3) is 0 Å². The number of aryl methyl sites for hydroxylation is 1. The Balaban J connectivity index is 3.05. The molecule has 4 heteroatoms. The summed E-state index contributed by atoms with van der Waals surface area (Å²) in [5.74, 6) is -0.296. The fourth-order valence-electron chi connectivity index (χ4n) is 1.58. The zero-order chi connectivity index (χ0) is 12.7. The first-order valence-electron chi connectivity index (χ1n) is 5.44. The summed E-state index contributed by atoms with van der Waals surface area (Å²) in [6.45, 7) is 2.16. The lowest BCUT2D eigenvalue weighted by atomic mass is 10.1. The molecule has 17 heavy (non-hydrogen) atoms. The Morgan fingerprint density at radius 2 is 2.29 bits per heavy atom. The summed E-state index contributed by atoms with van der Waals surface area (Å²) in [4.78, 5) is 12.7. The number of nitrogens with zero attached hydrogens (tertiary/aromatic N) is 1. The van der Waals surface area contributed by atoms with Gasteiger partial charge in [0, 0.05) is 11.3 Å². The average molecular weight is 249 g/mol. The van der Waals surface area contributed by atoms with Crippen LogP contribution in [0.15, 0.2) is 23.1 Å². The maximum Gasteiger partial charge on any atom is 0.339 e. The number of carbonyl (C=O) groups is 1. The second kappa shape index (κ2) is 6.97. The van der Waals surface area contributed by atoms with E-state index in [9.17, 15) is 4.79 Å². The van der Waals surface area contributed by atoms with Crippen LogP contribution >= 0.6 is 11.8 Å². The summed E-state index contributed by atoms with van der Waals surface area (Å²) in [5, 5.41) is 8.61. The minimum Gasteiger partial charge on any atom is -0.462 e. The molecule has 0 aliphatic carbocycles. The molecule has 90 valence electrons. The molecule has 1 rings (SSSR count). The van der Waals surface area contributed by atoms with Crippen molar-refractivity contribution >= 4 is 17.7 Å². The highest BCUT2D eigenvalue weighted by Crippen LogP contribution is 2.26. The SMILES string of the molecule is CCOC(=O)c1cccc(CCC#N)c1SC. The standard InChI is InChI=1S/C13H15NO2S/c1-3-16-13(15)11-8-4-6-10(7-5-9-14)12(11)17-2/h4,6,8H,3,5,7H2,1-2H3. The van der Waals surface area contributed by atoms with Crippen molar-refractivity contribution in [2.45, 2.75) is 24.7 Å². The van der Waals surface area contributed by atoms with E-state index in [4.69, 9.17) is 10.00 Å². The van der Waals surface area contributed by atoms with E-state index in [2.05, 4.69) is 6.07 Å². The van der Waals surface area contributed by atoms with Gasteiger partial charge in [0.1, 0.15) is 0 Å². The Morgan fingerprint density at radius 1 is 1.53 bits per heavy atom. The first-order chi connectivity index (χ1) is 8.24. The largest absolute Gasteiger partial charge is 0.462 e. The third-order valence-electron chi connectivity index (χ3n) is 2.30. The molecule has 0 saturated carbocycles. The van der Waals surface area contributed by atoms with E-state index in [1.807, 2.05) is 18.4 Å². The van der Waals surface area contributed by atoms with Crippen molar-refractivity contribution in [3.63, 3.8) is 0 Å². The van der Waals surface area contributed by atoms with Gasteiger partial charge in [-0.25, -0.2) is 4.79 Å². The highest BCUT2D eigenvalue weighted by atomic mass is 32.2. The molecular weight excluding hydrogens is 234 g/mol. The van der Waals surface area contributed by atoms with Crippen molar-refractivity contribution in [3.05, 3.63) is 29.3 Å². The molecule has 0 bridgehead atoms.